The second-order valence-electron chi connectivity index (χ2n) is 12.6. The molecule has 1 aromatic carbocycles. The van der Waals surface area contributed by atoms with E-state index in [1.54, 1.807) is 82.9 Å². The van der Waals surface area contributed by atoms with E-state index in [1.165, 1.54) is 12.2 Å². The molecule has 248 valence electrons. The molecule has 0 bridgehead atoms. The van der Waals surface area contributed by atoms with Crippen LogP contribution in [-0.2, 0) is 24.3 Å². The van der Waals surface area contributed by atoms with Gasteiger partial charge in [0.25, 0.3) is 0 Å². The van der Waals surface area contributed by atoms with Crippen molar-refractivity contribution in [1.29, 1.82) is 0 Å². The zero-order valence-corrected chi connectivity index (χ0v) is 28.8. The summed E-state index contributed by atoms with van der Waals surface area (Å²) in [5.74, 6) is 0.344. The van der Waals surface area contributed by atoms with Crippen LogP contribution in [0.4, 0.5) is 16.3 Å². The van der Waals surface area contributed by atoms with Crippen LogP contribution < -0.4 is 14.9 Å². The van der Waals surface area contributed by atoms with Gasteiger partial charge in [-0.2, -0.15) is 0 Å². The highest BCUT2D eigenvalue weighted by molar-refractivity contribution is 7.93. The average molecular weight is 694 g/mol. The molecule has 1 amide bonds. The van der Waals surface area contributed by atoms with E-state index < -0.39 is 45.1 Å². The zero-order chi connectivity index (χ0) is 33.9. The molecule has 0 radical (unpaired) electrons. The largest absolute Gasteiger partial charge is 0.459 e. The Hall–Kier alpha value is -3.81. The van der Waals surface area contributed by atoms with Crippen LogP contribution in [0.25, 0.3) is 16.7 Å². The lowest BCUT2D eigenvalue weighted by Crippen LogP contribution is -2.43. The molecule has 12 nitrogen and oxygen atoms in total. The molecule has 2 aromatic heterocycles. The van der Waals surface area contributed by atoms with Crippen LogP contribution in [0.2, 0.25) is 0 Å². The minimum atomic E-state index is -4.16. The van der Waals surface area contributed by atoms with Gasteiger partial charge in [0.1, 0.15) is 28.8 Å². The molecule has 1 aliphatic carbocycles. The number of anilines is 2. The number of amides is 1. The molecule has 1 aliphatic rings. The van der Waals surface area contributed by atoms with Gasteiger partial charge < -0.3 is 20.1 Å². The Labute approximate surface area is 278 Å². The number of halogens is 2. The van der Waals surface area contributed by atoms with E-state index in [0.717, 1.165) is 9.82 Å². The number of rotatable bonds is 10. The molecule has 3 aromatic rings. The topological polar surface area (TPSA) is 145 Å². The number of nitrogens with zero attached hydrogens (tertiary/aromatic N) is 4. The second-order valence-corrected chi connectivity index (χ2v) is 15.6. The van der Waals surface area contributed by atoms with Crippen LogP contribution in [-0.4, -0.2) is 71.1 Å². The van der Waals surface area contributed by atoms with Crippen LogP contribution in [0.3, 0.4) is 0 Å². The molecule has 1 atom stereocenters. The van der Waals surface area contributed by atoms with Crippen LogP contribution in [0, 0.1) is 0 Å². The SMILES string of the molecule is CC(C)(C)OC(=O)CN(c1ccc2c(ccn2-c2cnc(NCCNC(=O)OC(C)(C)C)cn2)c1)S(=O)(=O)C1C=C(Cl)C=C(Cl)C1. The first-order chi connectivity index (χ1) is 21.4. The second kappa shape index (κ2) is 13.9. The fourth-order valence-corrected chi connectivity index (χ4v) is 7.07. The maximum Gasteiger partial charge on any atom is 0.407 e. The van der Waals surface area contributed by atoms with E-state index in [2.05, 4.69) is 20.6 Å². The number of carbonyl (C=O) groups excluding carboxylic acids is 2. The Bertz CT molecular complexity index is 1760. The van der Waals surface area contributed by atoms with Crippen LogP contribution >= 0.6 is 23.2 Å². The Balaban J connectivity index is 1.53. The first-order valence-electron chi connectivity index (χ1n) is 14.5. The van der Waals surface area contributed by atoms with Crippen molar-refractivity contribution in [3.63, 3.8) is 0 Å². The van der Waals surface area contributed by atoms with Gasteiger partial charge in [-0.05, 0) is 78.0 Å². The standard InChI is InChI=1S/C31H38Cl2N6O6S/c1-30(2,3)44-28(40)19-39(46(42,43)24-15-21(32)14-22(33)16-24)23-7-8-25-20(13-23)9-12-38(25)27-18-36-26(17-37-27)34-10-11-35-29(41)45-31(4,5)6/h7-9,12-15,17-18,24H,10-11,16,19H2,1-6H3,(H,34,36)(H,35,41). The quantitative estimate of drug-likeness (QED) is 0.197. The van der Waals surface area contributed by atoms with E-state index in [1.807, 2.05) is 6.07 Å². The maximum absolute atomic E-state index is 13.9. The lowest BCUT2D eigenvalue weighted by Gasteiger charge is -2.30. The third kappa shape index (κ3) is 9.36. The van der Waals surface area contributed by atoms with Crippen LogP contribution in [0.15, 0.2) is 65.1 Å². The minimum Gasteiger partial charge on any atom is -0.459 e. The number of benzene rings is 1. The third-order valence-corrected chi connectivity index (χ3v) is 8.89. The summed E-state index contributed by atoms with van der Waals surface area (Å²) >= 11 is 12.3. The summed E-state index contributed by atoms with van der Waals surface area (Å²) in [6, 6.07) is 6.85. The number of aromatic nitrogens is 3. The van der Waals surface area contributed by atoms with Gasteiger partial charge in [0, 0.05) is 41.2 Å². The van der Waals surface area contributed by atoms with Gasteiger partial charge in [-0.15, -0.1) is 0 Å². The van der Waals surface area contributed by atoms with Crippen LogP contribution in [0.5, 0.6) is 0 Å². The number of sulfonamides is 1. The lowest BCUT2D eigenvalue weighted by atomic mass is 10.2. The molecule has 0 saturated heterocycles. The molecule has 0 spiro atoms. The van der Waals surface area contributed by atoms with Crippen molar-refractivity contribution < 1.29 is 27.5 Å². The maximum atomic E-state index is 13.9. The van der Waals surface area contributed by atoms with Crippen molar-refractivity contribution in [2.45, 2.75) is 64.4 Å². The van der Waals surface area contributed by atoms with Gasteiger partial charge in [0.2, 0.25) is 10.0 Å². The fraction of sp³-hybridized carbons (Fsp3) is 0.419. The van der Waals surface area contributed by atoms with E-state index in [0.29, 0.717) is 35.1 Å². The molecule has 0 saturated carbocycles. The number of fused-ring (bicyclic) bond motifs is 1. The van der Waals surface area contributed by atoms with Gasteiger partial charge in [-0.1, -0.05) is 23.2 Å². The number of ether oxygens (including phenoxy) is 2. The molecule has 1 unspecified atom stereocenters. The van der Waals surface area contributed by atoms with E-state index >= 15 is 0 Å². The number of carbonyl (C=O) groups is 2. The molecule has 2 N–H and O–H groups in total. The monoisotopic (exact) mass is 692 g/mol. The smallest absolute Gasteiger partial charge is 0.407 e. The minimum absolute atomic E-state index is 0.0212. The summed E-state index contributed by atoms with van der Waals surface area (Å²) in [4.78, 5) is 33.6. The number of alkyl carbamates (subject to hydrolysis) is 1. The number of hydrogen-bond acceptors (Lipinski definition) is 9. The summed E-state index contributed by atoms with van der Waals surface area (Å²) in [7, 11) is -4.16. The van der Waals surface area contributed by atoms with Crippen molar-refractivity contribution in [1.82, 2.24) is 19.9 Å². The number of allylic oxidation sites excluding steroid dienone is 3. The summed E-state index contributed by atoms with van der Waals surface area (Å²) in [5, 5.41) is 5.89. The Kier molecular flexibility index (Phi) is 10.6. The Morgan fingerprint density at radius 1 is 1.02 bits per heavy atom. The van der Waals surface area contributed by atoms with E-state index in [-0.39, 0.29) is 17.1 Å². The summed E-state index contributed by atoms with van der Waals surface area (Å²) < 4.78 is 41.4. The molecule has 4 rings (SSSR count). The first-order valence-corrected chi connectivity index (χ1v) is 16.8. The van der Waals surface area contributed by atoms with Gasteiger partial charge in [0.05, 0.1) is 23.6 Å². The van der Waals surface area contributed by atoms with Gasteiger partial charge in [-0.25, -0.2) is 23.2 Å². The predicted octanol–water partition coefficient (Wildman–Crippen LogP) is 5.85. The predicted molar refractivity (Wildman–Crippen MR) is 180 cm³/mol. The molecule has 0 aliphatic heterocycles. The summed E-state index contributed by atoms with van der Waals surface area (Å²) in [6.07, 6.45) is 7.38. The summed E-state index contributed by atoms with van der Waals surface area (Å²) in [6.45, 7) is 10.7. The van der Waals surface area contributed by atoms with Gasteiger partial charge in [-0.3, -0.25) is 13.7 Å². The molecule has 0 fully saturated rings. The van der Waals surface area contributed by atoms with Crippen molar-refractivity contribution in [2.24, 2.45) is 0 Å². The van der Waals surface area contributed by atoms with Crippen molar-refractivity contribution in [3.05, 3.63) is 65.1 Å². The fourth-order valence-electron chi connectivity index (χ4n) is 4.55. The molecule has 46 heavy (non-hydrogen) atoms. The number of hydrogen-bond donors (Lipinski definition) is 2. The zero-order valence-electron chi connectivity index (χ0n) is 26.5. The Morgan fingerprint density at radius 2 is 1.74 bits per heavy atom. The highest BCUT2D eigenvalue weighted by Crippen LogP contribution is 2.33. The highest BCUT2D eigenvalue weighted by Gasteiger charge is 2.35. The van der Waals surface area contributed by atoms with Gasteiger partial charge >= 0.3 is 12.1 Å². The highest BCUT2D eigenvalue weighted by atomic mass is 35.5. The van der Waals surface area contributed by atoms with Crippen molar-refractivity contribution in [3.8, 4) is 5.82 Å². The molecule has 2 heterocycles. The van der Waals surface area contributed by atoms with E-state index in [9.17, 15) is 18.0 Å². The Morgan fingerprint density at radius 3 is 2.37 bits per heavy atom. The lowest BCUT2D eigenvalue weighted by molar-refractivity contribution is -0.152. The van der Waals surface area contributed by atoms with Crippen molar-refractivity contribution in [2.75, 3.05) is 29.3 Å². The molecular formula is C31H38Cl2N6O6S. The van der Waals surface area contributed by atoms with Gasteiger partial charge in [0.15, 0.2) is 5.82 Å². The van der Waals surface area contributed by atoms with E-state index in [4.69, 9.17) is 32.7 Å². The average Bonchev–Trinajstić information content (AvgIpc) is 3.35. The first kappa shape index (κ1) is 35.1. The normalized spacial score (nSPS) is 15.5. The van der Waals surface area contributed by atoms with Crippen LogP contribution in [0.1, 0.15) is 48.0 Å². The summed E-state index contributed by atoms with van der Waals surface area (Å²) in [5.41, 5.74) is -0.371. The number of nitrogens with one attached hydrogen (secondary N) is 2. The number of esters is 1. The van der Waals surface area contributed by atoms with Crippen molar-refractivity contribution >= 4 is 67.7 Å². The molecule has 15 heteroatoms. The third-order valence-electron chi connectivity index (χ3n) is 6.36. The molecular weight excluding hydrogens is 655 g/mol.